The van der Waals surface area contributed by atoms with E-state index in [1.807, 2.05) is 71.6 Å². The largest absolute Gasteiger partial charge is 0.308 e. The summed E-state index contributed by atoms with van der Waals surface area (Å²) in [6, 6.07) is 26.4. The van der Waals surface area contributed by atoms with Crippen LogP contribution in [0.3, 0.4) is 0 Å². The van der Waals surface area contributed by atoms with Crippen molar-refractivity contribution in [3.05, 3.63) is 95.6 Å². The van der Waals surface area contributed by atoms with Crippen LogP contribution in [0.2, 0.25) is 0 Å². The molecular weight excluding hydrogens is 368 g/mol. The van der Waals surface area contributed by atoms with Crippen LogP contribution in [0.4, 0.5) is 11.4 Å². The maximum Gasteiger partial charge on any atom is 0.245 e. The van der Waals surface area contributed by atoms with Crippen LogP contribution in [0.5, 0.6) is 0 Å². The zero-order valence-corrected chi connectivity index (χ0v) is 16.4. The smallest absolute Gasteiger partial charge is 0.245 e. The van der Waals surface area contributed by atoms with Gasteiger partial charge in [-0.25, -0.2) is 0 Å². The lowest BCUT2D eigenvalue weighted by molar-refractivity contribution is -0.117. The van der Waals surface area contributed by atoms with E-state index in [1.165, 1.54) is 5.56 Å². The monoisotopic (exact) mass is 390 g/mol. The fourth-order valence-corrected chi connectivity index (χ4v) is 3.39. The number of para-hydroxylation sites is 2. The van der Waals surface area contributed by atoms with Crippen molar-refractivity contribution in [3.8, 4) is 0 Å². The topological polar surface area (TPSA) is 32.3 Å². The number of nitrogens with one attached hydrogen (secondary N) is 1. The number of nitrogens with zero attached hydrogens (tertiary/aromatic N) is 1. The van der Waals surface area contributed by atoms with Crippen LogP contribution >= 0.6 is 12.4 Å². The second kappa shape index (κ2) is 9.36. The maximum absolute atomic E-state index is 13.1. The summed E-state index contributed by atoms with van der Waals surface area (Å²) in [6.07, 6.45) is 5.05. The Labute approximate surface area is 172 Å². The maximum atomic E-state index is 13.1. The third kappa shape index (κ3) is 4.33. The summed E-state index contributed by atoms with van der Waals surface area (Å²) in [7, 11) is 0. The van der Waals surface area contributed by atoms with Crippen LogP contribution in [0, 0.1) is 0 Å². The fourth-order valence-electron chi connectivity index (χ4n) is 3.39. The number of rotatable bonds is 5. The molecule has 28 heavy (non-hydrogen) atoms. The van der Waals surface area contributed by atoms with Gasteiger partial charge in [0.2, 0.25) is 5.91 Å². The summed E-state index contributed by atoms with van der Waals surface area (Å²) in [4.78, 5) is 15.0. The fraction of sp³-hybridized carbons (Fsp3) is 0.125. The van der Waals surface area contributed by atoms with Crippen molar-refractivity contribution in [2.24, 2.45) is 0 Å². The molecule has 4 heteroatoms. The quantitative estimate of drug-likeness (QED) is 0.615. The molecule has 0 radical (unpaired) electrons. The first-order valence-electron chi connectivity index (χ1n) is 9.27. The first kappa shape index (κ1) is 19.9. The Kier molecular flexibility index (Phi) is 6.64. The van der Waals surface area contributed by atoms with Crippen LogP contribution < -0.4 is 10.2 Å². The van der Waals surface area contributed by atoms with Gasteiger partial charge >= 0.3 is 0 Å². The molecule has 1 amide bonds. The van der Waals surface area contributed by atoms with Crippen LogP contribution in [-0.4, -0.2) is 19.0 Å². The normalized spacial score (nSPS) is 11.8. The molecule has 3 aromatic carbocycles. The number of halogens is 1. The molecule has 4 rings (SSSR count). The van der Waals surface area contributed by atoms with Crippen molar-refractivity contribution in [2.45, 2.75) is 6.42 Å². The van der Waals surface area contributed by atoms with Gasteiger partial charge in [0.15, 0.2) is 0 Å². The summed E-state index contributed by atoms with van der Waals surface area (Å²) < 4.78 is 0. The van der Waals surface area contributed by atoms with Crippen molar-refractivity contribution in [1.29, 1.82) is 0 Å². The Morgan fingerprint density at radius 1 is 0.750 bits per heavy atom. The van der Waals surface area contributed by atoms with E-state index in [0.29, 0.717) is 6.54 Å². The third-order valence-electron chi connectivity index (χ3n) is 4.76. The lowest BCUT2D eigenvalue weighted by atomic mass is 10.1. The van der Waals surface area contributed by atoms with Crippen LogP contribution in [-0.2, 0) is 11.2 Å². The number of hydrogen-bond acceptors (Lipinski definition) is 2. The van der Waals surface area contributed by atoms with E-state index in [1.54, 1.807) is 0 Å². The average molecular weight is 391 g/mol. The van der Waals surface area contributed by atoms with E-state index in [9.17, 15) is 4.79 Å². The van der Waals surface area contributed by atoms with Gasteiger partial charge in [0.25, 0.3) is 0 Å². The van der Waals surface area contributed by atoms with Crippen molar-refractivity contribution < 1.29 is 4.79 Å². The standard InChI is InChI=1S/C24H22N2O.ClH/c27-24(18-25-17-16-19-8-2-1-3-9-19)26-22-12-6-4-10-20(22)14-15-21-11-5-7-13-23(21)26;/h1-15,25H,16-18H2;1H. The van der Waals surface area contributed by atoms with Gasteiger partial charge in [-0.2, -0.15) is 0 Å². The number of benzene rings is 3. The molecule has 3 nitrogen and oxygen atoms in total. The molecule has 0 aromatic heterocycles. The van der Waals surface area contributed by atoms with Gasteiger partial charge in [-0.1, -0.05) is 78.9 Å². The van der Waals surface area contributed by atoms with Gasteiger partial charge in [0, 0.05) is 0 Å². The summed E-state index contributed by atoms with van der Waals surface area (Å²) in [6.45, 7) is 1.07. The van der Waals surface area contributed by atoms with Crippen molar-refractivity contribution in [2.75, 3.05) is 18.0 Å². The molecule has 3 aromatic rings. The zero-order valence-electron chi connectivity index (χ0n) is 15.5. The molecule has 0 aliphatic carbocycles. The Bertz CT molecular complexity index is 920. The van der Waals surface area contributed by atoms with Crippen molar-refractivity contribution in [1.82, 2.24) is 5.32 Å². The minimum Gasteiger partial charge on any atom is -0.308 e. The lowest BCUT2D eigenvalue weighted by Crippen LogP contribution is -2.36. The highest BCUT2D eigenvalue weighted by atomic mass is 35.5. The van der Waals surface area contributed by atoms with E-state index in [-0.39, 0.29) is 18.3 Å². The number of carbonyl (C=O) groups excluding carboxylic acids is 1. The molecule has 0 saturated carbocycles. The minimum atomic E-state index is 0. The molecule has 142 valence electrons. The second-order valence-corrected chi connectivity index (χ2v) is 6.59. The Morgan fingerprint density at radius 2 is 1.29 bits per heavy atom. The molecule has 0 saturated heterocycles. The van der Waals surface area contributed by atoms with Gasteiger partial charge in [-0.3, -0.25) is 9.69 Å². The Morgan fingerprint density at radius 3 is 1.89 bits per heavy atom. The predicted octanol–water partition coefficient (Wildman–Crippen LogP) is 5.09. The van der Waals surface area contributed by atoms with E-state index in [4.69, 9.17) is 0 Å². The van der Waals surface area contributed by atoms with Crippen LogP contribution in [0.1, 0.15) is 16.7 Å². The Hall–Kier alpha value is -2.88. The molecule has 1 aliphatic heterocycles. The highest BCUT2D eigenvalue weighted by Gasteiger charge is 2.23. The van der Waals surface area contributed by atoms with E-state index in [2.05, 4.69) is 29.6 Å². The third-order valence-corrected chi connectivity index (χ3v) is 4.76. The first-order valence-corrected chi connectivity index (χ1v) is 9.27. The van der Waals surface area contributed by atoms with E-state index >= 15 is 0 Å². The van der Waals surface area contributed by atoms with Crippen molar-refractivity contribution in [3.63, 3.8) is 0 Å². The molecule has 0 atom stereocenters. The van der Waals surface area contributed by atoms with Crippen LogP contribution in [0.25, 0.3) is 12.2 Å². The average Bonchev–Trinajstić information content (AvgIpc) is 2.89. The summed E-state index contributed by atoms with van der Waals surface area (Å²) >= 11 is 0. The van der Waals surface area contributed by atoms with Crippen LogP contribution in [0.15, 0.2) is 78.9 Å². The van der Waals surface area contributed by atoms with Gasteiger partial charge in [0.05, 0.1) is 17.9 Å². The summed E-state index contributed by atoms with van der Waals surface area (Å²) in [5.41, 5.74) is 5.21. The number of amides is 1. The molecule has 0 bridgehead atoms. The molecular formula is C24H23ClN2O. The van der Waals surface area contributed by atoms with Gasteiger partial charge < -0.3 is 5.32 Å². The molecule has 0 unspecified atom stereocenters. The van der Waals surface area contributed by atoms with E-state index < -0.39 is 0 Å². The SMILES string of the molecule is Cl.O=C(CNCCc1ccccc1)N1c2ccccc2C=Cc2ccccc21. The predicted molar refractivity (Wildman–Crippen MR) is 119 cm³/mol. The number of anilines is 2. The highest BCUT2D eigenvalue weighted by Crippen LogP contribution is 2.36. The number of carbonyl (C=O) groups is 1. The molecule has 1 aliphatic rings. The Balaban J connectivity index is 0.00000225. The van der Waals surface area contributed by atoms with Gasteiger partial charge in [0.1, 0.15) is 0 Å². The van der Waals surface area contributed by atoms with E-state index in [0.717, 1.165) is 35.5 Å². The van der Waals surface area contributed by atoms with Gasteiger partial charge in [-0.15, -0.1) is 12.4 Å². The lowest BCUT2D eigenvalue weighted by Gasteiger charge is -2.25. The highest BCUT2D eigenvalue weighted by molar-refractivity contribution is 6.07. The molecule has 0 fully saturated rings. The molecule has 1 N–H and O–H groups in total. The molecule has 1 heterocycles. The first-order chi connectivity index (χ1) is 13.3. The van der Waals surface area contributed by atoms with Crippen molar-refractivity contribution >= 4 is 41.8 Å². The summed E-state index contributed by atoms with van der Waals surface area (Å²) in [5.74, 6) is 0.0478. The minimum absolute atomic E-state index is 0. The number of fused-ring (bicyclic) bond motifs is 2. The summed E-state index contributed by atoms with van der Waals surface area (Å²) in [5, 5.41) is 3.30. The second-order valence-electron chi connectivity index (χ2n) is 6.59. The number of hydrogen-bond donors (Lipinski definition) is 1. The van der Waals surface area contributed by atoms with Gasteiger partial charge in [-0.05, 0) is 41.8 Å². The molecule has 0 spiro atoms. The zero-order chi connectivity index (χ0) is 18.5.